The molecule has 0 saturated heterocycles. The first-order valence-corrected chi connectivity index (χ1v) is 8.31. The molecule has 0 fully saturated rings. The van der Waals surface area contributed by atoms with Crippen LogP contribution in [0.1, 0.15) is 30.5 Å². The highest BCUT2D eigenvalue weighted by Gasteiger charge is 2.15. The summed E-state index contributed by atoms with van der Waals surface area (Å²) in [5.41, 5.74) is 2.79. The summed E-state index contributed by atoms with van der Waals surface area (Å²) >= 11 is 6.93. The van der Waals surface area contributed by atoms with Crippen molar-refractivity contribution in [3.8, 4) is 11.4 Å². The highest BCUT2D eigenvalue weighted by molar-refractivity contribution is 9.13. The van der Waals surface area contributed by atoms with Gasteiger partial charge in [0.25, 0.3) is 5.56 Å². The van der Waals surface area contributed by atoms with E-state index in [9.17, 15) is 4.79 Å². The van der Waals surface area contributed by atoms with Gasteiger partial charge in [0, 0.05) is 20.1 Å². The number of rotatable bonds is 1. The average molecular weight is 398 g/mol. The van der Waals surface area contributed by atoms with Crippen LogP contribution in [0, 0.1) is 0 Å². The molecule has 1 aliphatic carbocycles. The van der Waals surface area contributed by atoms with Crippen LogP contribution in [0.3, 0.4) is 0 Å². The minimum Gasteiger partial charge on any atom is -0.306 e. The number of aryl methyl sites for hydroxylation is 1. The number of halogens is 2. The van der Waals surface area contributed by atoms with Crippen LogP contribution >= 0.6 is 31.9 Å². The Morgan fingerprint density at radius 3 is 2.65 bits per heavy atom. The van der Waals surface area contributed by atoms with E-state index in [0.29, 0.717) is 5.82 Å². The van der Waals surface area contributed by atoms with Crippen LogP contribution < -0.4 is 5.56 Å². The molecule has 1 N–H and O–H groups in total. The van der Waals surface area contributed by atoms with Gasteiger partial charge in [-0.25, -0.2) is 4.98 Å². The summed E-state index contributed by atoms with van der Waals surface area (Å²) in [6.07, 6.45) is 5.13. The standard InChI is InChI=1S/C15H14Br2N2O/c16-11-7-6-9(8-12(11)17)14-18-13-5-3-1-2-4-10(13)15(20)19-14/h6-8H,1-5H2,(H,18,19,20). The smallest absolute Gasteiger partial charge is 0.254 e. The van der Waals surface area contributed by atoms with Gasteiger partial charge in [-0.1, -0.05) is 12.5 Å². The maximum atomic E-state index is 12.2. The maximum absolute atomic E-state index is 12.2. The molecule has 0 unspecified atom stereocenters. The number of hydrogen-bond acceptors (Lipinski definition) is 2. The van der Waals surface area contributed by atoms with Crippen molar-refractivity contribution in [3.05, 3.63) is 48.8 Å². The van der Waals surface area contributed by atoms with E-state index < -0.39 is 0 Å². The Morgan fingerprint density at radius 2 is 1.85 bits per heavy atom. The first-order chi connectivity index (χ1) is 9.65. The number of benzene rings is 1. The highest BCUT2D eigenvalue weighted by Crippen LogP contribution is 2.28. The molecule has 5 heteroatoms. The van der Waals surface area contributed by atoms with E-state index in [0.717, 1.165) is 51.4 Å². The monoisotopic (exact) mass is 396 g/mol. The minimum absolute atomic E-state index is 0.0194. The average Bonchev–Trinajstić information content (AvgIpc) is 2.67. The summed E-state index contributed by atoms with van der Waals surface area (Å²) in [7, 11) is 0. The minimum atomic E-state index is 0.0194. The zero-order valence-electron chi connectivity index (χ0n) is 10.9. The van der Waals surface area contributed by atoms with Crippen molar-refractivity contribution in [2.45, 2.75) is 32.1 Å². The Hall–Kier alpha value is -0.940. The molecule has 1 aromatic carbocycles. The van der Waals surface area contributed by atoms with Crippen molar-refractivity contribution in [1.82, 2.24) is 9.97 Å². The predicted octanol–water partition coefficient (Wildman–Crippen LogP) is 4.23. The number of aromatic amines is 1. The third kappa shape index (κ3) is 2.74. The van der Waals surface area contributed by atoms with E-state index in [-0.39, 0.29) is 5.56 Å². The van der Waals surface area contributed by atoms with E-state index in [4.69, 9.17) is 0 Å². The fraction of sp³-hybridized carbons (Fsp3) is 0.333. The van der Waals surface area contributed by atoms with Crippen molar-refractivity contribution >= 4 is 31.9 Å². The van der Waals surface area contributed by atoms with Gasteiger partial charge < -0.3 is 4.98 Å². The first kappa shape index (κ1) is 14.0. The number of nitrogens with zero attached hydrogens (tertiary/aromatic N) is 1. The molecule has 0 saturated carbocycles. The number of nitrogens with one attached hydrogen (secondary N) is 1. The largest absolute Gasteiger partial charge is 0.306 e. The number of fused-ring (bicyclic) bond motifs is 1. The summed E-state index contributed by atoms with van der Waals surface area (Å²) < 4.78 is 1.94. The molecule has 0 amide bonds. The second-order valence-electron chi connectivity index (χ2n) is 5.03. The maximum Gasteiger partial charge on any atom is 0.254 e. The van der Waals surface area contributed by atoms with Crippen molar-refractivity contribution < 1.29 is 0 Å². The van der Waals surface area contributed by atoms with Crippen LogP contribution in [0.15, 0.2) is 31.9 Å². The van der Waals surface area contributed by atoms with E-state index in [1.54, 1.807) is 0 Å². The van der Waals surface area contributed by atoms with Gasteiger partial charge in [-0.05, 0) is 69.7 Å². The highest BCUT2D eigenvalue weighted by atomic mass is 79.9. The number of aromatic nitrogens is 2. The van der Waals surface area contributed by atoms with E-state index in [1.807, 2.05) is 18.2 Å². The molecular weight excluding hydrogens is 384 g/mol. The Morgan fingerprint density at radius 1 is 1.05 bits per heavy atom. The van der Waals surface area contributed by atoms with Crippen LogP contribution in [0.25, 0.3) is 11.4 Å². The van der Waals surface area contributed by atoms with Crippen molar-refractivity contribution in [2.24, 2.45) is 0 Å². The van der Waals surface area contributed by atoms with Crippen LogP contribution in [-0.2, 0) is 12.8 Å². The van der Waals surface area contributed by atoms with E-state index >= 15 is 0 Å². The lowest BCUT2D eigenvalue weighted by molar-refractivity contribution is 0.708. The van der Waals surface area contributed by atoms with Crippen LogP contribution in [0.4, 0.5) is 0 Å². The fourth-order valence-corrected chi connectivity index (χ4v) is 3.19. The third-order valence-electron chi connectivity index (χ3n) is 3.63. The Bertz CT molecular complexity index is 710. The van der Waals surface area contributed by atoms with Gasteiger partial charge in [0.2, 0.25) is 0 Å². The second-order valence-corrected chi connectivity index (χ2v) is 6.74. The molecule has 1 aliphatic rings. The van der Waals surface area contributed by atoms with E-state index in [2.05, 4.69) is 41.8 Å². The van der Waals surface area contributed by atoms with Crippen molar-refractivity contribution in [2.75, 3.05) is 0 Å². The predicted molar refractivity (Wildman–Crippen MR) is 87.0 cm³/mol. The summed E-state index contributed by atoms with van der Waals surface area (Å²) in [6.45, 7) is 0. The van der Waals surface area contributed by atoms with Gasteiger partial charge in [-0.15, -0.1) is 0 Å². The lowest BCUT2D eigenvalue weighted by Crippen LogP contribution is -2.18. The van der Waals surface area contributed by atoms with Gasteiger partial charge in [0.05, 0.1) is 5.69 Å². The van der Waals surface area contributed by atoms with Gasteiger partial charge >= 0.3 is 0 Å². The lowest BCUT2D eigenvalue weighted by atomic mass is 10.1. The molecule has 3 rings (SSSR count). The van der Waals surface area contributed by atoms with Gasteiger partial charge in [0.15, 0.2) is 0 Å². The molecular formula is C15H14Br2N2O. The fourth-order valence-electron chi connectivity index (χ4n) is 2.56. The molecule has 3 nitrogen and oxygen atoms in total. The summed E-state index contributed by atoms with van der Waals surface area (Å²) in [5, 5.41) is 0. The molecule has 0 aliphatic heterocycles. The van der Waals surface area contributed by atoms with Crippen molar-refractivity contribution in [3.63, 3.8) is 0 Å². The molecule has 0 radical (unpaired) electrons. The molecule has 104 valence electrons. The molecule has 0 bridgehead atoms. The van der Waals surface area contributed by atoms with Crippen LogP contribution in [0.2, 0.25) is 0 Å². The lowest BCUT2D eigenvalue weighted by Gasteiger charge is -2.08. The Labute approximate surface area is 134 Å². The molecule has 0 spiro atoms. The van der Waals surface area contributed by atoms with Crippen LogP contribution in [0.5, 0.6) is 0 Å². The molecule has 1 heterocycles. The molecule has 20 heavy (non-hydrogen) atoms. The SMILES string of the molecule is O=c1[nH]c(-c2ccc(Br)c(Br)c2)nc2c1CCCCC2. The van der Waals surface area contributed by atoms with Crippen LogP contribution in [-0.4, -0.2) is 9.97 Å². The summed E-state index contributed by atoms with van der Waals surface area (Å²) in [6, 6.07) is 5.87. The zero-order chi connectivity index (χ0) is 14.1. The van der Waals surface area contributed by atoms with Crippen molar-refractivity contribution in [1.29, 1.82) is 0 Å². The topological polar surface area (TPSA) is 45.8 Å². The quantitative estimate of drug-likeness (QED) is 0.731. The molecule has 2 aromatic rings. The zero-order valence-corrected chi connectivity index (χ0v) is 14.1. The normalized spacial score (nSPS) is 14.7. The number of H-pyrrole nitrogens is 1. The first-order valence-electron chi connectivity index (χ1n) is 6.72. The number of hydrogen-bond donors (Lipinski definition) is 1. The van der Waals surface area contributed by atoms with Gasteiger partial charge in [0.1, 0.15) is 5.82 Å². The molecule has 1 aromatic heterocycles. The Kier molecular flexibility index (Phi) is 4.08. The van der Waals surface area contributed by atoms with Gasteiger partial charge in [-0.2, -0.15) is 0 Å². The summed E-state index contributed by atoms with van der Waals surface area (Å²) in [4.78, 5) is 19.9. The van der Waals surface area contributed by atoms with Gasteiger partial charge in [-0.3, -0.25) is 4.79 Å². The van der Waals surface area contributed by atoms with E-state index in [1.165, 1.54) is 6.42 Å². The third-order valence-corrected chi connectivity index (χ3v) is 5.51. The summed E-state index contributed by atoms with van der Waals surface area (Å²) in [5.74, 6) is 0.656. The molecule has 0 atom stereocenters. The Balaban J connectivity index is 2.10. The second kappa shape index (κ2) is 5.82.